The van der Waals surface area contributed by atoms with Crippen molar-refractivity contribution in [2.75, 3.05) is 7.11 Å². The van der Waals surface area contributed by atoms with Gasteiger partial charge in [0, 0.05) is 17.7 Å². The Balaban J connectivity index is 2.50. The molecule has 5 nitrogen and oxygen atoms in total. The van der Waals surface area contributed by atoms with Gasteiger partial charge < -0.3 is 14.3 Å². The number of hydrogen-bond acceptors (Lipinski definition) is 5. The molecule has 124 valence electrons. The summed E-state index contributed by atoms with van der Waals surface area (Å²) in [6.07, 6.45) is 1.10. The molecule has 0 heterocycles. The number of ether oxygens (including phenoxy) is 1. The lowest BCUT2D eigenvalue weighted by atomic mass is 9.92. The van der Waals surface area contributed by atoms with E-state index in [1.54, 1.807) is 0 Å². The van der Waals surface area contributed by atoms with Gasteiger partial charge >= 0.3 is 0 Å². The zero-order chi connectivity index (χ0) is 17.6. The molecule has 1 aromatic carbocycles. The number of carbonyl (C=O) groups is 2. The number of carbonyl (C=O) groups excluding carboxylic acids is 2. The predicted octanol–water partition coefficient (Wildman–Crippen LogP) is 3.69. The highest BCUT2D eigenvalue weighted by molar-refractivity contribution is 6.74. The van der Waals surface area contributed by atoms with Crippen LogP contribution in [0.15, 0.2) is 24.0 Å². The van der Waals surface area contributed by atoms with Crippen molar-refractivity contribution in [3.05, 3.63) is 35.1 Å². The van der Waals surface area contributed by atoms with Gasteiger partial charge in [-0.15, -0.1) is 0 Å². The normalized spacial score (nSPS) is 15.1. The molecule has 0 unspecified atom stereocenters. The minimum absolute atomic E-state index is 0.00150. The van der Waals surface area contributed by atoms with Gasteiger partial charge in [0.15, 0.2) is 11.5 Å². The molecular formula is C17H22O5Si. The number of ketones is 2. The van der Waals surface area contributed by atoms with Crippen LogP contribution in [0.4, 0.5) is 0 Å². The van der Waals surface area contributed by atoms with Gasteiger partial charge in [0.2, 0.25) is 14.1 Å². The smallest absolute Gasteiger partial charge is 0.250 e. The Morgan fingerprint density at radius 2 is 1.74 bits per heavy atom. The number of fused-ring (bicyclic) bond motifs is 1. The molecule has 0 saturated carbocycles. The van der Waals surface area contributed by atoms with Crippen molar-refractivity contribution >= 4 is 19.9 Å². The molecule has 1 aromatic rings. The summed E-state index contributed by atoms with van der Waals surface area (Å²) in [7, 11) is -0.800. The molecule has 2 rings (SSSR count). The maximum Gasteiger partial charge on any atom is 0.250 e. The van der Waals surface area contributed by atoms with Crippen LogP contribution in [0.5, 0.6) is 11.5 Å². The summed E-state index contributed by atoms with van der Waals surface area (Å²) >= 11 is 0. The molecule has 1 aliphatic rings. The Morgan fingerprint density at radius 1 is 1.13 bits per heavy atom. The Hall–Kier alpha value is -2.08. The summed E-state index contributed by atoms with van der Waals surface area (Å²) in [5, 5.41) is 10.1. The molecule has 0 bridgehead atoms. The van der Waals surface area contributed by atoms with Crippen molar-refractivity contribution < 1.29 is 23.9 Å². The third-order valence-corrected chi connectivity index (χ3v) is 8.83. The molecule has 0 aliphatic heterocycles. The number of benzene rings is 1. The highest BCUT2D eigenvalue weighted by atomic mass is 28.4. The summed E-state index contributed by atoms with van der Waals surface area (Å²) in [6.45, 7) is 10.4. The van der Waals surface area contributed by atoms with E-state index in [2.05, 4.69) is 33.9 Å². The first kappa shape index (κ1) is 17.3. The summed E-state index contributed by atoms with van der Waals surface area (Å²) in [4.78, 5) is 24.4. The molecule has 6 heteroatoms. The van der Waals surface area contributed by atoms with Crippen LogP contribution in [-0.4, -0.2) is 32.1 Å². The van der Waals surface area contributed by atoms with Crippen LogP contribution in [0.2, 0.25) is 18.1 Å². The second-order valence-electron chi connectivity index (χ2n) is 7.13. The lowest BCUT2D eigenvalue weighted by molar-refractivity contribution is 0.0914. The number of Topliss-reactive ketones (excluding diaryl/α,β-unsaturated/α-hetero) is 1. The average molecular weight is 334 g/mol. The number of phenolic OH excluding ortho intramolecular Hbond substituents is 1. The van der Waals surface area contributed by atoms with Gasteiger partial charge in [0.05, 0.1) is 12.7 Å². The number of aromatic hydroxyl groups is 1. The standard InChI is InChI=1S/C17H22O5Si/c1-17(2,3)23(5,6)22-10-7-11-15(12(18)8-10)13(19)9-14(21-4)16(11)20/h7-9,18H,1-6H3. The van der Waals surface area contributed by atoms with Crippen LogP contribution in [0.3, 0.4) is 0 Å². The van der Waals surface area contributed by atoms with Gasteiger partial charge in [-0.25, -0.2) is 0 Å². The lowest BCUT2D eigenvalue weighted by Crippen LogP contribution is -2.43. The fourth-order valence-corrected chi connectivity index (χ4v) is 3.10. The van der Waals surface area contributed by atoms with Gasteiger partial charge in [-0.1, -0.05) is 20.8 Å². The molecular weight excluding hydrogens is 312 g/mol. The van der Waals surface area contributed by atoms with E-state index in [9.17, 15) is 14.7 Å². The summed E-state index contributed by atoms with van der Waals surface area (Å²) < 4.78 is 11.1. The molecule has 0 spiro atoms. The largest absolute Gasteiger partial charge is 0.543 e. The van der Waals surface area contributed by atoms with Gasteiger partial charge in [-0.05, 0) is 24.2 Å². The number of hydrogen-bond donors (Lipinski definition) is 1. The molecule has 0 fully saturated rings. The molecule has 0 saturated heterocycles. The first-order chi connectivity index (χ1) is 10.5. The first-order valence-electron chi connectivity index (χ1n) is 7.38. The second kappa shape index (κ2) is 5.52. The maximum atomic E-state index is 12.4. The zero-order valence-corrected chi connectivity index (χ0v) is 15.3. The Bertz CT molecular complexity index is 710. The van der Waals surface area contributed by atoms with Crippen molar-refractivity contribution in [1.29, 1.82) is 0 Å². The maximum absolute atomic E-state index is 12.4. The third-order valence-electron chi connectivity index (χ3n) is 4.47. The van der Waals surface area contributed by atoms with Crippen LogP contribution >= 0.6 is 0 Å². The third kappa shape index (κ3) is 3.03. The highest BCUT2D eigenvalue weighted by Gasteiger charge is 2.39. The zero-order valence-electron chi connectivity index (χ0n) is 14.3. The molecule has 0 amide bonds. The van der Waals surface area contributed by atoms with E-state index >= 15 is 0 Å². The number of rotatable bonds is 3. The fourth-order valence-electron chi connectivity index (χ4n) is 2.09. The van der Waals surface area contributed by atoms with E-state index in [0.29, 0.717) is 5.75 Å². The minimum atomic E-state index is -2.13. The van der Waals surface area contributed by atoms with E-state index in [-0.39, 0.29) is 27.7 Å². The summed E-state index contributed by atoms with van der Waals surface area (Å²) in [5.41, 5.74) is 0.112. The number of phenols is 1. The summed E-state index contributed by atoms with van der Waals surface area (Å²) in [5.74, 6) is -0.774. The average Bonchev–Trinajstić information content (AvgIpc) is 2.40. The van der Waals surface area contributed by atoms with Crippen LogP contribution in [-0.2, 0) is 4.74 Å². The van der Waals surface area contributed by atoms with Gasteiger partial charge in [-0.2, -0.15) is 0 Å². The van der Waals surface area contributed by atoms with Crippen LogP contribution < -0.4 is 4.43 Å². The SMILES string of the molecule is COC1=CC(=O)c2c(O)cc(O[Si](C)(C)C(C)(C)C)cc2C1=O. The van der Waals surface area contributed by atoms with E-state index in [1.165, 1.54) is 19.2 Å². The van der Waals surface area contributed by atoms with Crippen LogP contribution in [0, 0.1) is 0 Å². The van der Waals surface area contributed by atoms with Crippen molar-refractivity contribution in [2.24, 2.45) is 0 Å². The Kier molecular flexibility index (Phi) is 4.15. The van der Waals surface area contributed by atoms with Gasteiger partial charge in [-0.3, -0.25) is 9.59 Å². The molecule has 0 atom stereocenters. The van der Waals surface area contributed by atoms with Crippen LogP contribution in [0.25, 0.3) is 0 Å². The topological polar surface area (TPSA) is 72.8 Å². The first-order valence-corrected chi connectivity index (χ1v) is 10.3. The monoisotopic (exact) mass is 334 g/mol. The van der Waals surface area contributed by atoms with E-state index in [1.807, 2.05) is 0 Å². The van der Waals surface area contributed by atoms with Crippen molar-refractivity contribution in [2.45, 2.75) is 38.9 Å². The van der Waals surface area contributed by atoms with E-state index in [4.69, 9.17) is 9.16 Å². The van der Waals surface area contributed by atoms with Crippen molar-refractivity contribution in [3.8, 4) is 11.5 Å². The molecule has 23 heavy (non-hydrogen) atoms. The quantitative estimate of drug-likeness (QED) is 0.854. The van der Waals surface area contributed by atoms with Crippen molar-refractivity contribution in [3.63, 3.8) is 0 Å². The van der Waals surface area contributed by atoms with E-state index < -0.39 is 19.9 Å². The molecule has 0 radical (unpaired) electrons. The molecule has 1 aliphatic carbocycles. The Labute approximate surface area is 137 Å². The van der Waals surface area contributed by atoms with Crippen molar-refractivity contribution in [1.82, 2.24) is 0 Å². The highest BCUT2D eigenvalue weighted by Crippen LogP contribution is 2.40. The molecule has 1 N–H and O–H groups in total. The lowest BCUT2D eigenvalue weighted by Gasteiger charge is -2.36. The van der Waals surface area contributed by atoms with Gasteiger partial charge in [0.1, 0.15) is 11.5 Å². The van der Waals surface area contributed by atoms with Crippen LogP contribution in [0.1, 0.15) is 41.5 Å². The summed E-state index contributed by atoms with van der Waals surface area (Å²) in [6, 6.07) is 2.91. The van der Waals surface area contributed by atoms with Gasteiger partial charge in [0.25, 0.3) is 0 Å². The van der Waals surface area contributed by atoms with E-state index in [0.717, 1.165) is 6.08 Å². The number of methoxy groups -OCH3 is 1. The predicted molar refractivity (Wildman–Crippen MR) is 89.7 cm³/mol. The molecule has 0 aromatic heterocycles. The second-order valence-corrected chi connectivity index (χ2v) is 11.9. The fraction of sp³-hybridized carbons (Fsp3) is 0.412. The Morgan fingerprint density at radius 3 is 2.26 bits per heavy atom. The minimum Gasteiger partial charge on any atom is -0.543 e. The number of allylic oxidation sites excluding steroid dienone is 2.